The molecule has 2 aromatic rings. The standard InChI is InChI=1S/C20H28N4OS/c1-4-24-19(16-10-6-5-7-11-16)22-23-20(24)26-13-18(25)21-17-12-8-9-14(2)15(17)3/h5-7,10-11,14-15,17H,4,8-9,12-13H2,1-3H3,(H,21,25)/t14-,15-,17-/m1/s1. The number of hydrogen-bond donors (Lipinski definition) is 1. The molecule has 0 aliphatic heterocycles. The van der Waals surface area contributed by atoms with Crippen LogP contribution < -0.4 is 5.32 Å². The number of nitrogens with one attached hydrogen (secondary N) is 1. The highest BCUT2D eigenvalue weighted by molar-refractivity contribution is 7.99. The number of hydrogen-bond acceptors (Lipinski definition) is 4. The van der Waals surface area contributed by atoms with Gasteiger partial charge in [0, 0.05) is 18.2 Å². The van der Waals surface area contributed by atoms with Gasteiger partial charge in [-0.3, -0.25) is 4.79 Å². The van der Waals surface area contributed by atoms with Crippen molar-refractivity contribution in [1.82, 2.24) is 20.1 Å². The molecule has 5 nitrogen and oxygen atoms in total. The van der Waals surface area contributed by atoms with E-state index in [4.69, 9.17) is 0 Å². The van der Waals surface area contributed by atoms with Gasteiger partial charge in [-0.25, -0.2) is 0 Å². The van der Waals surface area contributed by atoms with Crippen LogP contribution in [0.4, 0.5) is 0 Å². The minimum atomic E-state index is 0.0906. The molecule has 3 rings (SSSR count). The van der Waals surface area contributed by atoms with Gasteiger partial charge < -0.3 is 9.88 Å². The van der Waals surface area contributed by atoms with E-state index in [2.05, 4.69) is 40.9 Å². The number of rotatable bonds is 6. The Morgan fingerprint density at radius 1 is 1.23 bits per heavy atom. The lowest BCUT2D eigenvalue weighted by Gasteiger charge is -2.34. The van der Waals surface area contributed by atoms with Gasteiger partial charge in [0.05, 0.1) is 5.75 Å². The molecule has 1 aromatic carbocycles. The van der Waals surface area contributed by atoms with Gasteiger partial charge >= 0.3 is 0 Å². The van der Waals surface area contributed by atoms with Gasteiger partial charge in [-0.15, -0.1) is 10.2 Å². The molecule has 1 fully saturated rings. The van der Waals surface area contributed by atoms with Crippen molar-refractivity contribution in [2.24, 2.45) is 11.8 Å². The first kappa shape index (κ1) is 19.0. The van der Waals surface area contributed by atoms with Crippen molar-refractivity contribution in [3.8, 4) is 11.4 Å². The summed E-state index contributed by atoms with van der Waals surface area (Å²) in [5, 5.41) is 12.7. The van der Waals surface area contributed by atoms with Crippen LogP contribution in [0.3, 0.4) is 0 Å². The molecule has 1 aromatic heterocycles. The molecule has 0 spiro atoms. The molecular weight excluding hydrogens is 344 g/mol. The first-order valence-electron chi connectivity index (χ1n) is 9.51. The summed E-state index contributed by atoms with van der Waals surface area (Å²) in [7, 11) is 0. The van der Waals surface area contributed by atoms with E-state index < -0.39 is 0 Å². The third kappa shape index (κ3) is 4.29. The Morgan fingerprint density at radius 3 is 2.73 bits per heavy atom. The van der Waals surface area contributed by atoms with Crippen LogP contribution >= 0.6 is 11.8 Å². The summed E-state index contributed by atoms with van der Waals surface area (Å²) in [5.41, 5.74) is 1.04. The lowest BCUT2D eigenvalue weighted by Crippen LogP contribution is -2.44. The molecule has 0 bridgehead atoms. The second kappa shape index (κ2) is 8.71. The number of aromatic nitrogens is 3. The first-order chi connectivity index (χ1) is 12.6. The quantitative estimate of drug-likeness (QED) is 0.779. The highest BCUT2D eigenvalue weighted by Crippen LogP contribution is 2.30. The minimum absolute atomic E-state index is 0.0906. The van der Waals surface area contributed by atoms with E-state index >= 15 is 0 Å². The molecule has 1 heterocycles. The zero-order valence-electron chi connectivity index (χ0n) is 15.8. The maximum absolute atomic E-state index is 12.4. The van der Waals surface area contributed by atoms with Gasteiger partial charge in [0.25, 0.3) is 0 Å². The normalized spacial score (nSPS) is 23.0. The molecule has 0 saturated heterocycles. The van der Waals surface area contributed by atoms with Crippen LogP contribution in [0.5, 0.6) is 0 Å². The van der Waals surface area contributed by atoms with Gasteiger partial charge in [-0.1, -0.05) is 68.8 Å². The summed E-state index contributed by atoms with van der Waals surface area (Å²) >= 11 is 1.46. The Labute approximate surface area is 160 Å². The zero-order valence-corrected chi connectivity index (χ0v) is 16.6. The Bertz CT molecular complexity index is 731. The predicted octanol–water partition coefficient (Wildman–Crippen LogP) is 4.00. The van der Waals surface area contributed by atoms with Crippen LogP contribution in [0.2, 0.25) is 0 Å². The predicted molar refractivity (Wildman–Crippen MR) is 106 cm³/mol. The van der Waals surface area contributed by atoms with Gasteiger partial charge in [0.2, 0.25) is 5.91 Å². The molecule has 0 unspecified atom stereocenters. The Hall–Kier alpha value is -1.82. The minimum Gasteiger partial charge on any atom is -0.352 e. The van der Waals surface area contributed by atoms with E-state index in [1.807, 2.05) is 30.3 Å². The summed E-state index contributed by atoms with van der Waals surface area (Å²) < 4.78 is 2.07. The number of carbonyl (C=O) groups excluding carboxylic acids is 1. The SMILES string of the molecule is CCn1c(SCC(=O)N[C@@H]2CCC[C@@H](C)[C@H]2C)nnc1-c1ccccc1. The zero-order chi connectivity index (χ0) is 18.5. The Morgan fingerprint density at radius 2 is 2.00 bits per heavy atom. The van der Waals surface area contributed by atoms with Crippen molar-refractivity contribution < 1.29 is 4.79 Å². The molecule has 6 heteroatoms. The summed E-state index contributed by atoms with van der Waals surface area (Å²) in [6, 6.07) is 10.3. The molecule has 1 amide bonds. The van der Waals surface area contributed by atoms with E-state index in [9.17, 15) is 4.79 Å². The molecule has 140 valence electrons. The highest BCUT2D eigenvalue weighted by Gasteiger charge is 2.28. The number of benzene rings is 1. The van der Waals surface area contributed by atoms with Crippen LogP contribution in [0, 0.1) is 11.8 Å². The second-order valence-corrected chi connectivity index (χ2v) is 8.09. The fourth-order valence-corrected chi connectivity index (χ4v) is 4.46. The maximum Gasteiger partial charge on any atom is 0.230 e. The van der Waals surface area contributed by atoms with E-state index in [0.29, 0.717) is 23.6 Å². The highest BCUT2D eigenvalue weighted by atomic mass is 32.2. The third-order valence-electron chi connectivity index (χ3n) is 5.45. The Kier molecular flexibility index (Phi) is 6.35. The van der Waals surface area contributed by atoms with Crippen LogP contribution in [0.25, 0.3) is 11.4 Å². The number of thioether (sulfide) groups is 1. The van der Waals surface area contributed by atoms with Crippen LogP contribution in [-0.4, -0.2) is 32.5 Å². The topological polar surface area (TPSA) is 59.8 Å². The van der Waals surface area contributed by atoms with Crippen molar-refractivity contribution in [3.05, 3.63) is 30.3 Å². The number of carbonyl (C=O) groups is 1. The number of nitrogens with zero attached hydrogens (tertiary/aromatic N) is 3. The van der Waals surface area contributed by atoms with Gasteiger partial charge in [0.1, 0.15) is 0 Å². The van der Waals surface area contributed by atoms with Crippen LogP contribution in [0.15, 0.2) is 35.5 Å². The average Bonchev–Trinajstić information content (AvgIpc) is 3.07. The van der Waals surface area contributed by atoms with E-state index in [1.54, 1.807) is 0 Å². The Balaban J connectivity index is 1.61. The summed E-state index contributed by atoms with van der Waals surface area (Å²) in [6.07, 6.45) is 3.56. The lowest BCUT2D eigenvalue weighted by molar-refractivity contribution is -0.120. The second-order valence-electron chi connectivity index (χ2n) is 7.15. The summed E-state index contributed by atoms with van der Waals surface area (Å²) in [4.78, 5) is 12.4. The van der Waals surface area contributed by atoms with E-state index in [0.717, 1.165) is 29.5 Å². The molecular formula is C20H28N4OS. The molecule has 1 saturated carbocycles. The van der Waals surface area contributed by atoms with Gasteiger partial charge in [0.15, 0.2) is 11.0 Å². The number of amides is 1. The third-order valence-corrected chi connectivity index (χ3v) is 6.42. The molecule has 0 radical (unpaired) electrons. The van der Waals surface area contributed by atoms with Gasteiger partial charge in [-0.05, 0) is 25.2 Å². The van der Waals surface area contributed by atoms with E-state index in [-0.39, 0.29) is 5.91 Å². The molecule has 3 atom stereocenters. The monoisotopic (exact) mass is 372 g/mol. The van der Waals surface area contributed by atoms with Crippen molar-refractivity contribution in [2.75, 3.05) is 5.75 Å². The molecule has 26 heavy (non-hydrogen) atoms. The largest absolute Gasteiger partial charge is 0.352 e. The first-order valence-corrected chi connectivity index (χ1v) is 10.5. The maximum atomic E-state index is 12.4. The van der Waals surface area contributed by atoms with Crippen molar-refractivity contribution in [2.45, 2.75) is 57.8 Å². The average molecular weight is 373 g/mol. The van der Waals surface area contributed by atoms with Crippen molar-refractivity contribution in [3.63, 3.8) is 0 Å². The lowest BCUT2D eigenvalue weighted by atomic mass is 9.78. The van der Waals surface area contributed by atoms with Crippen molar-refractivity contribution >= 4 is 17.7 Å². The molecule has 1 aliphatic rings. The van der Waals surface area contributed by atoms with Crippen molar-refractivity contribution in [1.29, 1.82) is 0 Å². The fraction of sp³-hybridized carbons (Fsp3) is 0.550. The molecule has 1 aliphatic carbocycles. The molecule has 1 N–H and O–H groups in total. The van der Waals surface area contributed by atoms with Crippen LogP contribution in [0.1, 0.15) is 40.0 Å². The fourth-order valence-electron chi connectivity index (χ4n) is 3.65. The van der Waals surface area contributed by atoms with Gasteiger partial charge in [-0.2, -0.15) is 0 Å². The van der Waals surface area contributed by atoms with Crippen LogP contribution in [-0.2, 0) is 11.3 Å². The smallest absolute Gasteiger partial charge is 0.230 e. The van der Waals surface area contributed by atoms with E-state index in [1.165, 1.54) is 24.6 Å². The summed E-state index contributed by atoms with van der Waals surface area (Å²) in [6.45, 7) is 7.39. The summed E-state index contributed by atoms with van der Waals surface area (Å²) in [5.74, 6) is 2.54.